The van der Waals surface area contributed by atoms with Crippen molar-refractivity contribution in [2.75, 3.05) is 7.11 Å². The van der Waals surface area contributed by atoms with Gasteiger partial charge in [-0.3, -0.25) is 0 Å². The third-order valence-electron chi connectivity index (χ3n) is 3.35. The third-order valence-corrected chi connectivity index (χ3v) is 3.35. The summed E-state index contributed by atoms with van der Waals surface area (Å²) in [7, 11) is 1.63. The number of nitrogens with one attached hydrogen (secondary N) is 2. The number of rotatable bonds is 3. The van der Waals surface area contributed by atoms with Gasteiger partial charge in [0.1, 0.15) is 5.75 Å². The second kappa shape index (κ2) is 4.86. The van der Waals surface area contributed by atoms with Crippen LogP contribution in [0.1, 0.15) is 17.2 Å². The average molecular weight is 269 g/mol. The van der Waals surface area contributed by atoms with Gasteiger partial charge in [-0.2, -0.15) is 0 Å². The third kappa shape index (κ3) is 2.19. The summed E-state index contributed by atoms with van der Waals surface area (Å²) in [5.74, 6) is 0.772. The zero-order chi connectivity index (χ0) is 14.1. The average Bonchev–Trinajstić information content (AvgIpc) is 2.85. The zero-order valence-electron chi connectivity index (χ0n) is 11.0. The second-order valence-electron chi connectivity index (χ2n) is 4.64. The summed E-state index contributed by atoms with van der Waals surface area (Å²) in [6.45, 7) is 0. The van der Waals surface area contributed by atoms with Crippen molar-refractivity contribution in [3.8, 4) is 5.75 Å². The van der Waals surface area contributed by atoms with Gasteiger partial charge in [0.15, 0.2) is 0 Å². The highest BCUT2D eigenvalue weighted by Gasteiger charge is 2.11. The lowest BCUT2D eigenvalue weighted by atomic mass is 9.99. The van der Waals surface area contributed by atoms with Crippen LogP contribution in [0.5, 0.6) is 5.75 Å². The number of aromatic nitrogens is 2. The number of fused-ring (bicyclic) bond motifs is 1. The molecule has 1 atom stereocenters. The highest BCUT2D eigenvalue weighted by Crippen LogP contribution is 2.24. The monoisotopic (exact) mass is 269 g/mol. The molecule has 1 heterocycles. The number of methoxy groups -OCH3 is 1. The van der Waals surface area contributed by atoms with Crippen molar-refractivity contribution in [2.45, 2.75) is 6.04 Å². The molecule has 5 heteroatoms. The van der Waals surface area contributed by atoms with Crippen molar-refractivity contribution >= 4 is 11.0 Å². The van der Waals surface area contributed by atoms with E-state index in [4.69, 9.17) is 10.5 Å². The molecule has 1 aromatic heterocycles. The van der Waals surface area contributed by atoms with Gasteiger partial charge in [-0.25, -0.2) is 4.79 Å². The van der Waals surface area contributed by atoms with Crippen molar-refractivity contribution in [1.29, 1.82) is 0 Å². The van der Waals surface area contributed by atoms with Gasteiger partial charge in [-0.1, -0.05) is 18.2 Å². The highest BCUT2D eigenvalue weighted by atomic mass is 16.5. The molecule has 4 N–H and O–H groups in total. The van der Waals surface area contributed by atoms with E-state index in [2.05, 4.69) is 9.97 Å². The summed E-state index contributed by atoms with van der Waals surface area (Å²) >= 11 is 0. The van der Waals surface area contributed by atoms with E-state index in [-0.39, 0.29) is 11.7 Å². The summed E-state index contributed by atoms with van der Waals surface area (Å²) in [5, 5.41) is 0. The first-order valence-electron chi connectivity index (χ1n) is 6.29. The Bertz CT molecular complexity index is 804. The molecule has 0 bridgehead atoms. The quantitative estimate of drug-likeness (QED) is 0.679. The smallest absolute Gasteiger partial charge is 0.323 e. The van der Waals surface area contributed by atoms with Gasteiger partial charge in [0.05, 0.1) is 24.2 Å². The molecule has 3 aromatic rings. The lowest BCUT2D eigenvalue weighted by Gasteiger charge is -2.13. The first-order valence-corrected chi connectivity index (χ1v) is 6.29. The Morgan fingerprint density at radius 1 is 1.05 bits per heavy atom. The van der Waals surface area contributed by atoms with E-state index in [1.54, 1.807) is 7.11 Å². The van der Waals surface area contributed by atoms with Gasteiger partial charge in [-0.15, -0.1) is 0 Å². The molecule has 0 aliphatic carbocycles. The van der Waals surface area contributed by atoms with Crippen LogP contribution in [0.4, 0.5) is 0 Å². The first-order chi connectivity index (χ1) is 9.67. The molecular weight excluding hydrogens is 254 g/mol. The van der Waals surface area contributed by atoms with Crippen LogP contribution in [-0.2, 0) is 0 Å². The molecule has 0 amide bonds. The normalized spacial score (nSPS) is 12.5. The molecule has 0 saturated heterocycles. The minimum atomic E-state index is -0.270. The number of benzene rings is 2. The Hall–Kier alpha value is -2.53. The second-order valence-corrected chi connectivity index (χ2v) is 4.64. The molecule has 3 rings (SSSR count). The van der Waals surface area contributed by atoms with Gasteiger partial charge in [0.2, 0.25) is 0 Å². The predicted molar refractivity (Wildman–Crippen MR) is 77.9 cm³/mol. The summed E-state index contributed by atoms with van der Waals surface area (Å²) in [6.07, 6.45) is 0. The zero-order valence-corrected chi connectivity index (χ0v) is 11.0. The van der Waals surface area contributed by atoms with Crippen LogP contribution in [0.3, 0.4) is 0 Å². The van der Waals surface area contributed by atoms with Crippen LogP contribution in [-0.4, -0.2) is 17.1 Å². The van der Waals surface area contributed by atoms with E-state index < -0.39 is 0 Å². The SMILES string of the molecule is COc1cccc(C(N)c2ccc3[nH]c(=O)[nH]c3c2)c1. The molecular formula is C15H15N3O2. The fourth-order valence-electron chi connectivity index (χ4n) is 2.27. The Balaban J connectivity index is 2.02. The van der Waals surface area contributed by atoms with Crippen LogP contribution in [0.25, 0.3) is 11.0 Å². The number of ether oxygens (including phenoxy) is 1. The molecule has 0 aliphatic heterocycles. The number of hydrogen-bond donors (Lipinski definition) is 3. The number of aromatic amines is 2. The largest absolute Gasteiger partial charge is 0.497 e. The van der Waals surface area contributed by atoms with Crippen LogP contribution >= 0.6 is 0 Å². The number of imidazole rings is 1. The first kappa shape index (κ1) is 12.5. The molecule has 2 aromatic carbocycles. The molecule has 102 valence electrons. The lowest BCUT2D eigenvalue weighted by Crippen LogP contribution is -2.11. The Kier molecular flexibility index (Phi) is 3.04. The van der Waals surface area contributed by atoms with Crippen molar-refractivity contribution in [3.63, 3.8) is 0 Å². The van der Waals surface area contributed by atoms with E-state index in [9.17, 15) is 4.79 Å². The highest BCUT2D eigenvalue weighted by molar-refractivity contribution is 5.75. The van der Waals surface area contributed by atoms with E-state index in [1.165, 1.54) is 0 Å². The topological polar surface area (TPSA) is 83.9 Å². The van der Waals surface area contributed by atoms with Crippen LogP contribution in [0.2, 0.25) is 0 Å². The van der Waals surface area contributed by atoms with E-state index in [0.717, 1.165) is 27.9 Å². The van der Waals surface area contributed by atoms with Gasteiger partial charge in [-0.05, 0) is 35.4 Å². The van der Waals surface area contributed by atoms with Crippen molar-refractivity contribution < 1.29 is 4.74 Å². The molecule has 0 aliphatic rings. The van der Waals surface area contributed by atoms with Crippen LogP contribution in [0.15, 0.2) is 47.3 Å². The summed E-state index contributed by atoms with van der Waals surface area (Å²) < 4.78 is 5.21. The Morgan fingerprint density at radius 2 is 1.80 bits per heavy atom. The van der Waals surface area contributed by atoms with E-state index in [0.29, 0.717) is 0 Å². The van der Waals surface area contributed by atoms with E-state index >= 15 is 0 Å². The van der Waals surface area contributed by atoms with Gasteiger partial charge in [0, 0.05) is 0 Å². The van der Waals surface area contributed by atoms with Gasteiger partial charge >= 0.3 is 5.69 Å². The summed E-state index contributed by atoms with van der Waals surface area (Å²) in [6, 6.07) is 13.0. The molecule has 0 radical (unpaired) electrons. The molecule has 0 spiro atoms. The minimum absolute atomic E-state index is 0.216. The molecule has 1 unspecified atom stereocenters. The number of H-pyrrole nitrogens is 2. The van der Waals surface area contributed by atoms with Crippen LogP contribution in [0, 0.1) is 0 Å². The summed E-state index contributed by atoms with van der Waals surface area (Å²) in [5.41, 5.74) is 9.49. The van der Waals surface area contributed by atoms with Gasteiger partial charge < -0.3 is 20.4 Å². The molecule has 0 fully saturated rings. The van der Waals surface area contributed by atoms with E-state index in [1.807, 2.05) is 42.5 Å². The van der Waals surface area contributed by atoms with Crippen molar-refractivity contribution in [1.82, 2.24) is 9.97 Å². The maximum Gasteiger partial charge on any atom is 0.323 e. The Labute approximate surface area is 115 Å². The standard InChI is InChI=1S/C15H15N3O2/c1-20-11-4-2-3-9(7-11)14(16)10-5-6-12-13(8-10)18-15(19)17-12/h2-8,14H,16H2,1H3,(H2,17,18,19). The number of hydrogen-bond acceptors (Lipinski definition) is 3. The van der Waals surface area contributed by atoms with Crippen molar-refractivity contribution in [2.24, 2.45) is 5.73 Å². The Morgan fingerprint density at radius 3 is 2.60 bits per heavy atom. The van der Waals surface area contributed by atoms with Gasteiger partial charge in [0.25, 0.3) is 0 Å². The number of nitrogens with two attached hydrogens (primary N) is 1. The molecule has 20 heavy (non-hydrogen) atoms. The maximum absolute atomic E-state index is 11.3. The lowest BCUT2D eigenvalue weighted by molar-refractivity contribution is 0.414. The fraction of sp³-hybridized carbons (Fsp3) is 0.133. The minimum Gasteiger partial charge on any atom is -0.497 e. The molecule has 0 saturated carbocycles. The fourth-order valence-corrected chi connectivity index (χ4v) is 2.27. The van der Waals surface area contributed by atoms with Crippen molar-refractivity contribution in [3.05, 3.63) is 64.1 Å². The maximum atomic E-state index is 11.3. The predicted octanol–water partition coefficient (Wildman–Crippen LogP) is 1.91. The van der Waals surface area contributed by atoms with Crippen LogP contribution < -0.4 is 16.2 Å². The summed E-state index contributed by atoms with van der Waals surface area (Å²) in [4.78, 5) is 16.7. The molecule has 5 nitrogen and oxygen atoms in total.